The van der Waals surface area contributed by atoms with Gasteiger partial charge in [0.1, 0.15) is 0 Å². The molecule has 1 rings (SSSR count). The lowest BCUT2D eigenvalue weighted by Crippen LogP contribution is -3.00. The maximum atomic E-state index is 2.55. The van der Waals surface area contributed by atoms with Gasteiger partial charge in [0, 0.05) is 25.2 Å². The number of hydrogen-bond acceptors (Lipinski definition) is 2. The van der Waals surface area contributed by atoms with Gasteiger partial charge >= 0.3 is 0 Å². The first kappa shape index (κ1) is 14.4. The van der Waals surface area contributed by atoms with Gasteiger partial charge in [-0.2, -0.15) is 0 Å². The Balaban J connectivity index is 0.00000169. The number of halogens is 1. The van der Waals surface area contributed by atoms with Gasteiger partial charge in [0.15, 0.2) is 0 Å². The first-order chi connectivity index (χ1) is 5.89. The third-order valence-electron chi connectivity index (χ3n) is 2.63. The molecule has 2 nitrogen and oxygen atoms in total. The second-order valence-electron chi connectivity index (χ2n) is 5.55. The van der Waals surface area contributed by atoms with Crippen molar-refractivity contribution in [2.45, 2.75) is 40.2 Å². The van der Waals surface area contributed by atoms with Crippen molar-refractivity contribution in [1.29, 1.82) is 0 Å². The number of hydrogen-bond donors (Lipinski definition) is 0. The predicted octanol–water partition coefficient (Wildman–Crippen LogP) is -0.980. The fourth-order valence-electron chi connectivity index (χ4n) is 1.86. The molecule has 3 heteroatoms. The van der Waals surface area contributed by atoms with Crippen LogP contribution in [0, 0.1) is 5.92 Å². The molecule has 14 heavy (non-hydrogen) atoms. The Morgan fingerprint density at radius 3 is 2.07 bits per heavy atom. The zero-order valence-electron chi connectivity index (χ0n) is 10.2. The Labute approximate surface area is 99.4 Å². The third kappa shape index (κ3) is 4.28. The number of nitrogens with zero attached hydrogens (tertiary/aromatic N) is 2. The second kappa shape index (κ2) is 5.47. The first-order valence-corrected chi connectivity index (χ1v) is 5.37. The van der Waals surface area contributed by atoms with Crippen LogP contribution < -0.4 is 17.0 Å². The van der Waals surface area contributed by atoms with Crippen LogP contribution in [0.4, 0.5) is 0 Å². The quantitative estimate of drug-likeness (QED) is 0.632. The normalized spacial score (nSPS) is 20.1. The molecule has 0 aromatic carbocycles. The van der Waals surface area contributed by atoms with Crippen molar-refractivity contribution in [1.82, 2.24) is 9.80 Å². The van der Waals surface area contributed by atoms with E-state index in [-0.39, 0.29) is 17.0 Å². The summed E-state index contributed by atoms with van der Waals surface area (Å²) in [6, 6.07) is 0. The summed E-state index contributed by atoms with van der Waals surface area (Å²) in [6.45, 7) is 16.4. The van der Waals surface area contributed by atoms with E-state index >= 15 is 0 Å². The second-order valence-corrected chi connectivity index (χ2v) is 5.55. The van der Waals surface area contributed by atoms with Gasteiger partial charge in [-0.15, -0.1) is 0 Å². The molecule has 0 unspecified atom stereocenters. The van der Waals surface area contributed by atoms with Crippen LogP contribution in [0.2, 0.25) is 0 Å². The number of rotatable bonds is 2. The average molecular weight is 264 g/mol. The van der Waals surface area contributed by atoms with Crippen LogP contribution in [0.5, 0.6) is 0 Å². The van der Waals surface area contributed by atoms with Gasteiger partial charge in [0.25, 0.3) is 0 Å². The average Bonchev–Trinajstić information content (AvgIpc) is 2.32. The molecule has 0 aromatic heterocycles. The predicted molar refractivity (Wildman–Crippen MR) is 57.7 cm³/mol. The van der Waals surface area contributed by atoms with Crippen LogP contribution in [0.25, 0.3) is 0 Å². The van der Waals surface area contributed by atoms with Gasteiger partial charge in [-0.1, -0.05) is 13.8 Å². The van der Waals surface area contributed by atoms with Crippen molar-refractivity contribution < 1.29 is 17.0 Å². The summed E-state index contributed by atoms with van der Waals surface area (Å²) in [5, 5.41) is 0. The van der Waals surface area contributed by atoms with E-state index in [1.165, 1.54) is 19.6 Å². The highest BCUT2D eigenvalue weighted by Crippen LogP contribution is 2.18. The van der Waals surface area contributed by atoms with Crippen LogP contribution in [-0.4, -0.2) is 41.6 Å². The summed E-state index contributed by atoms with van der Waals surface area (Å²) in [5.74, 6) is 0.792. The molecule has 1 aliphatic heterocycles. The van der Waals surface area contributed by atoms with Gasteiger partial charge in [-0.25, -0.2) is 0 Å². The van der Waals surface area contributed by atoms with E-state index in [9.17, 15) is 0 Å². The van der Waals surface area contributed by atoms with Crippen molar-refractivity contribution in [3.8, 4) is 0 Å². The summed E-state index contributed by atoms with van der Waals surface area (Å²) >= 11 is 0. The zero-order valence-corrected chi connectivity index (χ0v) is 11.8. The van der Waals surface area contributed by atoms with E-state index in [2.05, 4.69) is 44.4 Å². The Morgan fingerprint density at radius 2 is 1.71 bits per heavy atom. The van der Waals surface area contributed by atoms with E-state index in [1.54, 1.807) is 0 Å². The van der Waals surface area contributed by atoms with E-state index in [1.807, 2.05) is 0 Å². The standard InChI is InChI=1S/C11H24N2.BrH/c1-10(2)8-12-6-7-13(9-12)11(3,4)5;/h10H,6-9H2,1-5H3;1H/p-1. The Kier molecular flexibility index (Phi) is 5.63. The molecule has 0 amide bonds. The highest BCUT2D eigenvalue weighted by Gasteiger charge is 2.28. The SMILES string of the molecule is CC(C)CN1CCN(C(C)(C)C)C1.[Br-]. The van der Waals surface area contributed by atoms with E-state index in [4.69, 9.17) is 0 Å². The summed E-state index contributed by atoms with van der Waals surface area (Å²) < 4.78 is 0. The van der Waals surface area contributed by atoms with Gasteiger partial charge in [-0.05, 0) is 26.7 Å². The largest absolute Gasteiger partial charge is 1.00 e. The Bertz CT molecular complexity index is 163. The molecule has 0 saturated carbocycles. The molecule has 1 aliphatic rings. The van der Waals surface area contributed by atoms with Crippen LogP contribution in [0.15, 0.2) is 0 Å². The summed E-state index contributed by atoms with van der Waals surface area (Å²) in [7, 11) is 0. The molecule has 1 heterocycles. The highest BCUT2D eigenvalue weighted by atomic mass is 79.9. The molecular formula is C11H24BrN2-. The maximum Gasteiger partial charge on any atom is 0.0512 e. The fourth-order valence-corrected chi connectivity index (χ4v) is 1.86. The van der Waals surface area contributed by atoms with Crippen LogP contribution in [0.3, 0.4) is 0 Å². The van der Waals surface area contributed by atoms with Crippen molar-refractivity contribution in [3.05, 3.63) is 0 Å². The fraction of sp³-hybridized carbons (Fsp3) is 1.00. The van der Waals surface area contributed by atoms with Gasteiger partial charge in [0.05, 0.1) is 6.67 Å². The minimum Gasteiger partial charge on any atom is -1.00 e. The molecule has 0 aliphatic carbocycles. The molecule has 0 N–H and O–H groups in total. The van der Waals surface area contributed by atoms with Crippen LogP contribution in [0.1, 0.15) is 34.6 Å². The van der Waals surface area contributed by atoms with Gasteiger partial charge in [0.2, 0.25) is 0 Å². The van der Waals surface area contributed by atoms with Crippen molar-refractivity contribution in [3.63, 3.8) is 0 Å². The van der Waals surface area contributed by atoms with Gasteiger partial charge < -0.3 is 17.0 Å². The Hall–Kier alpha value is 0.400. The van der Waals surface area contributed by atoms with Crippen molar-refractivity contribution in [2.75, 3.05) is 26.3 Å². The van der Waals surface area contributed by atoms with E-state index in [0.717, 1.165) is 12.6 Å². The third-order valence-corrected chi connectivity index (χ3v) is 2.63. The maximum absolute atomic E-state index is 2.55. The molecule has 1 saturated heterocycles. The van der Waals surface area contributed by atoms with E-state index < -0.39 is 0 Å². The molecule has 86 valence electrons. The smallest absolute Gasteiger partial charge is 0.0512 e. The minimum atomic E-state index is 0. The Morgan fingerprint density at radius 1 is 1.14 bits per heavy atom. The monoisotopic (exact) mass is 263 g/mol. The molecule has 0 spiro atoms. The highest BCUT2D eigenvalue weighted by molar-refractivity contribution is 4.82. The molecule has 0 atom stereocenters. The summed E-state index contributed by atoms with van der Waals surface area (Å²) in [5.41, 5.74) is 0.339. The van der Waals surface area contributed by atoms with E-state index in [0.29, 0.717) is 5.54 Å². The first-order valence-electron chi connectivity index (χ1n) is 5.37. The van der Waals surface area contributed by atoms with Crippen molar-refractivity contribution >= 4 is 0 Å². The molecule has 1 fully saturated rings. The molecule has 0 aromatic rings. The molecular weight excluding hydrogens is 240 g/mol. The lowest BCUT2D eigenvalue weighted by Gasteiger charge is -2.31. The molecule has 0 radical (unpaired) electrons. The minimum absolute atomic E-state index is 0. The lowest BCUT2D eigenvalue weighted by atomic mass is 10.1. The van der Waals surface area contributed by atoms with Crippen molar-refractivity contribution in [2.24, 2.45) is 5.92 Å². The summed E-state index contributed by atoms with van der Waals surface area (Å²) in [4.78, 5) is 5.10. The van der Waals surface area contributed by atoms with Gasteiger partial charge in [-0.3, -0.25) is 9.80 Å². The molecule has 0 bridgehead atoms. The summed E-state index contributed by atoms with van der Waals surface area (Å²) in [6.07, 6.45) is 0. The lowest BCUT2D eigenvalue weighted by molar-refractivity contribution is -0.00000400. The van der Waals surface area contributed by atoms with Crippen LogP contribution in [-0.2, 0) is 0 Å². The van der Waals surface area contributed by atoms with Crippen LogP contribution >= 0.6 is 0 Å². The topological polar surface area (TPSA) is 6.48 Å². The zero-order chi connectivity index (χ0) is 10.1.